The molecule has 1 saturated heterocycles. The second-order valence-electron chi connectivity index (χ2n) is 4.66. The fraction of sp³-hybridized carbons (Fsp3) is 0.667. The van der Waals surface area contributed by atoms with Crippen LogP contribution in [0.4, 0.5) is 0 Å². The van der Waals surface area contributed by atoms with Crippen LogP contribution in [0.5, 0.6) is 0 Å². The minimum absolute atomic E-state index is 0.0572. The molecule has 2 rings (SSSR count). The first kappa shape index (κ1) is 13.9. The van der Waals surface area contributed by atoms with Gasteiger partial charge in [-0.2, -0.15) is 0 Å². The lowest BCUT2D eigenvalue weighted by Crippen LogP contribution is -2.45. The zero-order valence-electron chi connectivity index (χ0n) is 11.0. The van der Waals surface area contributed by atoms with Crippen molar-refractivity contribution in [2.75, 3.05) is 19.6 Å². The van der Waals surface area contributed by atoms with E-state index in [4.69, 9.17) is 0 Å². The molecule has 19 heavy (non-hydrogen) atoms. The average Bonchev–Trinajstić information content (AvgIpc) is 2.98. The smallest absolute Gasteiger partial charge is 0.267 e. The highest BCUT2D eigenvalue weighted by molar-refractivity contribution is 7.07. The number of carbonyl (C=O) groups is 2. The molecule has 0 radical (unpaired) electrons. The van der Waals surface area contributed by atoms with Gasteiger partial charge in [-0.25, -0.2) is 0 Å². The summed E-state index contributed by atoms with van der Waals surface area (Å²) in [6.45, 7) is 3.91. The Balaban J connectivity index is 1.93. The summed E-state index contributed by atoms with van der Waals surface area (Å²) >= 11 is 1.10. The largest absolute Gasteiger partial charge is 0.356 e. The van der Waals surface area contributed by atoms with Crippen LogP contribution in [0.2, 0.25) is 0 Å². The van der Waals surface area contributed by atoms with Gasteiger partial charge in [0.1, 0.15) is 4.88 Å². The normalized spacial score (nSPS) is 19.2. The third-order valence-corrected chi connectivity index (χ3v) is 3.85. The Hall–Kier alpha value is -1.50. The van der Waals surface area contributed by atoms with E-state index in [1.165, 1.54) is 6.20 Å². The van der Waals surface area contributed by atoms with E-state index in [1.54, 1.807) is 4.90 Å². The van der Waals surface area contributed by atoms with Crippen LogP contribution in [0.15, 0.2) is 6.20 Å². The minimum atomic E-state index is -0.0925. The molecule has 1 aromatic heterocycles. The number of amides is 2. The van der Waals surface area contributed by atoms with Crippen molar-refractivity contribution in [1.82, 2.24) is 19.8 Å². The third-order valence-electron chi connectivity index (χ3n) is 3.20. The topological polar surface area (TPSA) is 75.2 Å². The molecule has 1 atom stereocenters. The Kier molecular flexibility index (Phi) is 4.84. The summed E-state index contributed by atoms with van der Waals surface area (Å²) in [6.07, 6.45) is 4.11. The number of nitrogens with one attached hydrogen (secondary N) is 1. The Morgan fingerprint density at radius 1 is 1.58 bits per heavy atom. The molecule has 0 spiro atoms. The summed E-state index contributed by atoms with van der Waals surface area (Å²) in [4.78, 5) is 26.4. The molecule has 0 unspecified atom stereocenters. The summed E-state index contributed by atoms with van der Waals surface area (Å²) in [6, 6.07) is 0. The molecule has 104 valence electrons. The maximum absolute atomic E-state index is 12.2. The number of piperidine rings is 1. The van der Waals surface area contributed by atoms with Crippen molar-refractivity contribution in [3.8, 4) is 0 Å². The Bertz CT molecular complexity index is 435. The Morgan fingerprint density at radius 3 is 3.11 bits per heavy atom. The van der Waals surface area contributed by atoms with Crippen molar-refractivity contribution in [1.29, 1.82) is 0 Å². The number of rotatable bonds is 4. The van der Waals surface area contributed by atoms with Crippen LogP contribution >= 0.6 is 11.5 Å². The molecule has 0 aliphatic carbocycles. The van der Waals surface area contributed by atoms with E-state index >= 15 is 0 Å². The predicted octanol–water partition coefficient (Wildman–Crippen LogP) is 0.916. The summed E-state index contributed by atoms with van der Waals surface area (Å²) in [5.41, 5.74) is 0. The van der Waals surface area contributed by atoms with Crippen LogP contribution < -0.4 is 5.32 Å². The van der Waals surface area contributed by atoms with Crippen LogP contribution in [0.1, 0.15) is 35.9 Å². The van der Waals surface area contributed by atoms with Gasteiger partial charge in [0.2, 0.25) is 5.91 Å². The molecule has 2 heterocycles. The monoisotopic (exact) mass is 282 g/mol. The van der Waals surface area contributed by atoms with E-state index in [2.05, 4.69) is 14.9 Å². The van der Waals surface area contributed by atoms with Crippen molar-refractivity contribution in [2.45, 2.75) is 26.2 Å². The van der Waals surface area contributed by atoms with Crippen molar-refractivity contribution in [3.63, 3.8) is 0 Å². The molecule has 6 nitrogen and oxygen atoms in total. The number of carbonyl (C=O) groups excluding carboxylic acids is 2. The lowest BCUT2D eigenvalue weighted by molar-refractivity contribution is -0.126. The average molecular weight is 282 g/mol. The van der Waals surface area contributed by atoms with Crippen molar-refractivity contribution in [2.24, 2.45) is 5.92 Å². The van der Waals surface area contributed by atoms with Gasteiger partial charge in [-0.1, -0.05) is 11.4 Å². The minimum Gasteiger partial charge on any atom is -0.356 e. The summed E-state index contributed by atoms with van der Waals surface area (Å²) < 4.78 is 3.70. The highest BCUT2D eigenvalue weighted by atomic mass is 32.1. The highest BCUT2D eigenvalue weighted by Crippen LogP contribution is 2.19. The summed E-state index contributed by atoms with van der Waals surface area (Å²) in [7, 11) is 0. The summed E-state index contributed by atoms with van der Waals surface area (Å²) in [5, 5.41) is 6.57. The third kappa shape index (κ3) is 3.50. The zero-order chi connectivity index (χ0) is 13.7. The van der Waals surface area contributed by atoms with Gasteiger partial charge in [0.05, 0.1) is 12.1 Å². The Morgan fingerprint density at radius 2 is 2.42 bits per heavy atom. The van der Waals surface area contributed by atoms with E-state index in [0.717, 1.165) is 30.8 Å². The van der Waals surface area contributed by atoms with Gasteiger partial charge < -0.3 is 10.2 Å². The first-order chi connectivity index (χ1) is 9.22. The van der Waals surface area contributed by atoms with E-state index in [-0.39, 0.29) is 17.7 Å². The molecule has 0 bridgehead atoms. The molecule has 1 aliphatic heterocycles. The molecule has 7 heteroatoms. The molecule has 1 aromatic rings. The van der Waals surface area contributed by atoms with E-state index in [1.807, 2.05) is 6.92 Å². The van der Waals surface area contributed by atoms with Crippen LogP contribution in [0.3, 0.4) is 0 Å². The molecule has 2 amide bonds. The molecule has 1 N–H and O–H groups in total. The second kappa shape index (κ2) is 6.60. The Labute approximate surface area is 116 Å². The first-order valence-electron chi connectivity index (χ1n) is 6.56. The number of likely N-dealkylation sites (tertiary alicyclic amines) is 1. The van der Waals surface area contributed by atoms with Crippen LogP contribution in [-0.4, -0.2) is 45.9 Å². The zero-order valence-corrected chi connectivity index (χ0v) is 11.8. The molecule has 1 aliphatic rings. The van der Waals surface area contributed by atoms with E-state index < -0.39 is 0 Å². The van der Waals surface area contributed by atoms with Gasteiger partial charge in [-0.15, -0.1) is 5.10 Å². The lowest BCUT2D eigenvalue weighted by Gasteiger charge is -2.31. The van der Waals surface area contributed by atoms with Crippen LogP contribution in [0, 0.1) is 5.92 Å². The van der Waals surface area contributed by atoms with Gasteiger partial charge in [0.25, 0.3) is 5.91 Å². The van der Waals surface area contributed by atoms with Gasteiger partial charge in [-0.05, 0) is 30.8 Å². The van der Waals surface area contributed by atoms with Crippen molar-refractivity contribution in [3.05, 3.63) is 11.1 Å². The van der Waals surface area contributed by atoms with Crippen molar-refractivity contribution < 1.29 is 9.59 Å². The lowest BCUT2D eigenvalue weighted by atomic mass is 9.97. The van der Waals surface area contributed by atoms with Gasteiger partial charge >= 0.3 is 0 Å². The maximum atomic E-state index is 12.2. The molecule has 1 fully saturated rings. The number of hydrogen-bond donors (Lipinski definition) is 1. The van der Waals surface area contributed by atoms with Gasteiger partial charge in [0.15, 0.2) is 0 Å². The fourth-order valence-electron chi connectivity index (χ4n) is 2.19. The highest BCUT2D eigenvalue weighted by Gasteiger charge is 2.29. The molecular formula is C12H18N4O2S. The number of aromatic nitrogens is 2. The molecular weight excluding hydrogens is 264 g/mol. The quantitative estimate of drug-likeness (QED) is 0.891. The van der Waals surface area contributed by atoms with E-state index in [9.17, 15) is 9.59 Å². The SMILES string of the molecule is CCCNC(=O)[C@@H]1CCCN(C(=O)c2cnns2)C1. The van der Waals surface area contributed by atoms with Gasteiger partial charge in [0, 0.05) is 19.6 Å². The van der Waals surface area contributed by atoms with Crippen LogP contribution in [0.25, 0.3) is 0 Å². The molecule has 0 saturated carbocycles. The van der Waals surface area contributed by atoms with Crippen LogP contribution in [-0.2, 0) is 4.79 Å². The van der Waals surface area contributed by atoms with Crippen molar-refractivity contribution >= 4 is 23.3 Å². The second-order valence-corrected chi connectivity index (χ2v) is 5.45. The summed E-state index contributed by atoms with van der Waals surface area (Å²) in [5.74, 6) is -0.102. The fourth-order valence-corrected chi connectivity index (χ4v) is 2.67. The number of nitrogens with zero attached hydrogens (tertiary/aromatic N) is 3. The standard InChI is InChI=1S/C12H18N4O2S/c1-2-5-13-11(17)9-4-3-6-16(8-9)12(18)10-7-14-15-19-10/h7,9H,2-6,8H2,1H3,(H,13,17)/t9-/m1/s1. The number of hydrogen-bond acceptors (Lipinski definition) is 5. The first-order valence-corrected chi connectivity index (χ1v) is 7.34. The van der Waals surface area contributed by atoms with Gasteiger partial charge in [-0.3, -0.25) is 9.59 Å². The maximum Gasteiger partial charge on any atom is 0.267 e. The predicted molar refractivity (Wildman–Crippen MR) is 71.8 cm³/mol. The molecule has 0 aromatic carbocycles. The van der Waals surface area contributed by atoms with E-state index in [0.29, 0.717) is 24.5 Å².